The van der Waals surface area contributed by atoms with Crippen molar-refractivity contribution >= 4 is 32.9 Å². The molecule has 0 aliphatic heterocycles. The summed E-state index contributed by atoms with van der Waals surface area (Å²) in [5.74, 6) is 0.492. The predicted octanol–water partition coefficient (Wildman–Crippen LogP) is 2.60. The topological polar surface area (TPSA) is 115 Å². The molecule has 1 amide bonds. The molecule has 152 valence electrons. The molecule has 1 aromatic carbocycles. The Morgan fingerprint density at radius 1 is 1.21 bits per heavy atom. The van der Waals surface area contributed by atoms with Crippen LogP contribution in [-0.4, -0.2) is 42.5 Å². The third-order valence-corrected chi connectivity index (χ3v) is 5.11. The van der Waals surface area contributed by atoms with Crippen LogP contribution in [0, 0.1) is 0 Å². The van der Waals surface area contributed by atoms with Crippen molar-refractivity contribution in [2.75, 3.05) is 24.0 Å². The average Bonchev–Trinajstić information content (AvgIpc) is 3.06. The Kier molecular flexibility index (Phi) is 5.55. The van der Waals surface area contributed by atoms with E-state index in [-0.39, 0.29) is 10.8 Å². The van der Waals surface area contributed by atoms with Crippen molar-refractivity contribution in [3.8, 4) is 17.0 Å². The van der Waals surface area contributed by atoms with Crippen LogP contribution in [0.25, 0.3) is 11.3 Å². The van der Waals surface area contributed by atoms with Crippen LogP contribution in [0.4, 0.5) is 17.2 Å². The zero-order chi connectivity index (χ0) is 21.2. The lowest BCUT2D eigenvalue weighted by atomic mass is 10.1. The fourth-order valence-corrected chi connectivity index (χ4v) is 3.37. The smallest absolute Gasteiger partial charge is 0.222 e. The zero-order valence-electron chi connectivity index (χ0n) is 16.4. The molecule has 0 radical (unpaired) electrons. The van der Waals surface area contributed by atoms with Crippen molar-refractivity contribution in [2.24, 2.45) is 7.05 Å². The van der Waals surface area contributed by atoms with E-state index < -0.39 is 9.84 Å². The Morgan fingerprint density at radius 3 is 2.55 bits per heavy atom. The molecule has 0 fully saturated rings. The highest BCUT2D eigenvalue weighted by Gasteiger charge is 2.15. The van der Waals surface area contributed by atoms with Crippen LogP contribution >= 0.6 is 0 Å². The quantitative estimate of drug-likeness (QED) is 0.636. The van der Waals surface area contributed by atoms with Crippen molar-refractivity contribution in [3.05, 3.63) is 42.7 Å². The van der Waals surface area contributed by atoms with Crippen LogP contribution in [0.15, 0.2) is 47.6 Å². The Bertz CT molecular complexity index is 1170. The van der Waals surface area contributed by atoms with Gasteiger partial charge in [0.2, 0.25) is 5.91 Å². The molecule has 9 nitrogen and oxygen atoms in total. The van der Waals surface area contributed by atoms with E-state index in [0.717, 1.165) is 6.26 Å². The normalized spacial score (nSPS) is 11.2. The maximum atomic E-state index is 12.0. The van der Waals surface area contributed by atoms with E-state index in [0.29, 0.717) is 34.2 Å². The fraction of sp³-hybridized carbons (Fsp3) is 0.211. The zero-order valence-corrected chi connectivity index (χ0v) is 17.2. The highest BCUT2D eigenvalue weighted by Crippen LogP contribution is 2.33. The number of hydrogen-bond acceptors (Lipinski definition) is 7. The summed E-state index contributed by atoms with van der Waals surface area (Å²) in [4.78, 5) is 15.8. The molecule has 2 N–H and O–H groups in total. The summed E-state index contributed by atoms with van der Waals surface area (Å²) < 4.78 is 30.9. The number of methoxy groups -OCH3 is 1. The molecule has 3 rings (SSSR count). The van der Waals surface area contributed by atoms with E-state index in [1.54, 1.807) is 36.3 Å². The van der Waals surface area contributed by atoms with Crippen LogP contribution in [0.2, 0.25) is 0 Å². The minimum atomic E-state index is -3.44. The Labute approximate surface area is 168 Å². The molecule has 0 atom stereocenters. The highest BCUT2D eigenvalue weighted by molar-refractivity contribution is 7.90. The molecule has 2 aromatic heterocycles. The van der Waals surface area contributed by atoms with Crippen molar-refractivity contribution in [1.82, 2.24) is 14.8 Å². The van der Waals surface area contributed by atoms with Gasteiger partial charge < -0.3 is 15.4 Å². The molecule has 29 heavy (non-hydrogen) atoms. The lowest BCUT2D eigenvalue weighted by Gasteiger charge is -2.14. The van der Waals surface area contributed by atoms with Gasteiger partial charge in [-0.15, -0.1) is 0 Å². The van der Waals surface area contributed by atoms with Crippen LogP contribution in [0.1, 0.15) is 6.92 Å². The second-order valence-electron chi connectivity index (χ2n) is 6.47. The third kappa shape index (κ3) is 4.91. The lowest BCUT2D eigenvalue weighted by molar-refractivity contribution is -0.114. The molecular weight excluding hydrogens is 394 g/mol. The predicted molar refractivity (Wildman–Crippen MR) is 110 cm³/mol. The van der Waals surface area contributed by atoms with Gasteiger partial charge in [-0.05, 0) is 18.2 Å². The number of carbonyl (C=O) groups is 1. The Morgan fingerprint density at radius 2 is 1.97 bits per heavy atom. The van der Waals surface area contributed by atoms with Crippen molar-refractivity contribution in [3.63, 3.8) is 0 Å². The second-order valence-corrected chi connectivity index (χ2v) is 8.48. The van der Waals surface area contributed by atoms with E-state index in [2.05, 4.69) is 20.7 Å². The van der Waals surface area contributed by atoms with E-state index in [9.17, 15) is 13.2 Å². The summed E-state index contributed by atoms with van der Waals surface area (Å²) in [6.07, 6.45) is 4.52. The number of aromatic nitrogens is 3. The van der Waals surface area contributed by atoms with Crippen LogP contribution in [0.5, 0.6) is 5.75 Å². The maximum absolute atomic E-state index is 12.0. The summed E-state index contributed by atoms with van der Waals surface area (Å²) in [7, 11) is -0.172. The van der Waals surface area contributed by atoms with Gasteiger partial charge >= 0.3 is 0 Å². The van der Waals surface area contributed by atoms with E-state index in [4.69, 9.17) is 4.74 Å². The van der Waals surface area contributed by atoms with Crippen LogP contribution < -0.4 is 15.4 Å². The first-order valence-electron chi connectivity index (χ1n) is 8.59. The second kappa shape index (κ2) is 7.92. The molecule has 0 spiro atoms. The van der Waals surface area contributed by atoms with Crippen LogP contribution in [-0.2, 0) is 21.7 Å². The first-order valence-corrected chi connectivity index (χ1v) is 10.5. The number of rotatable bonds is 6. The standard InChI is InChI=1S/C19H21N5O4S/c1-12(25)21-19-10-18(16(11-20-19)17-5-6-24(2)23-17)22-13-7-14(28-3)9-15(8-13)29(4,26)27/h5-11H,1-4H3,(H2,20,21,22,25). The molecule has 0 aliphatic rings. The maximum Gasteiger partial charge on any atom is 0.222 e. The van der Waals surface area contributed by atoms with Gasteiger partial charge in [0.1, 0.15) is 11.6 Å². The Hall–Kier alpha value is -3.40. The number of carbonyl (C=O) groups excluding carboxylic acids is 1. The number of ether oxygens (including phenoxy) is 1. The van der Waals surface area contributed by atoms with Gasteiger partial charge in [-0.1, -0.05) is 0 Å². The summed E-state index contributed by atoms with van der Waals surface area (Å²) in [6, 6.07) is 8.13. The fourth-order valence-electron chi connectivity index (χ4n) is 2.70. The van der Waals surface area contributed by atoms with Gasteiger partial charge in [0.15, 0.2) is 9.84 Å². The SMILES string of the molecule is COc1cc(Nc2cc(NC(C)=O)ncc2-c2ccn(C)n2)cc(S(C)(=O)=O)c1. The highest BCUT2D eigenvalue weighted by atomic mass is 32.2. The first-order chi connectivity index (χ1) is 13.7. The summed E-state index contributed by atoms with van der Waals surface area (Å²) in [6.45, 7) is 1.39. The monoisotopic (exact) mass is 415 g/mol. The molecule has 0 bridgehead atoms. The molecule has 3 aromatic rings. The minimum absolute atomic E-state index is 0.120. The van der Waals surface area contributed by atoms with Gasteiger partial charge in [-0.2, -0.15) is 5.10 Å². The van der Waals surface area contributed by atoms with E-state index in [1.165, 1.54) is 26.2 Å². The average molecular weight is 415 g/mol. The number of nitrogens with zero attached hydrogens (tertiary/aromatic N) is 3. The molecule has 0 unspecified atom stereocenters. The van der Waals surface area contributed by atoms with Crippen molar-refractivity contribution < 1.29 is 17.9 Å². The lowest BCUT2D eigenvalue weighted by Crippen LogP contribution is -2.08. The van der Waals surface area contributed by atoms with Gasteiger partial charge in [0.25, 0.3) is 0 Å². The molecule has 0 aliphatic carbocycles. The van der Waals surface area contributed by atoms with Gasteiger partial charge in [-0.25, -0.2) is 13.4 Å². The van der Waals surface area contributed by atoms with E-state index in [1.807, 2.05) is 6.07 Å². The molecule has 10 heteroatoms. The number of anilines is 3. The number of nitrogens with one attached hydrogen (secondary N) is 2. The number of aryl methyl sites for hydroxylation is 1. The molecule has 0 saturated heterocycles. The molecular formula is C19H21N5O4S. The Balaban J connectivity index is 2.10. The summed E-state index contributed by atoms with van der Waals surface area (Å²) in [5, 5.41) is 10.2. The number of sulfone groups is 1. The number of amides is 1. The van der Waals surface area contributed by atoms with Gasteiger partial charge in [-0.3, -0.25) is 9.48 Å². The number of hydrogen-bond donors (Lipinski definition) is 2. The summed E-state index contributed by atoms with van der Waals surface area (Å²) >= 11 is 0. The van der Waals surface area contributed by atoms with Gasteiger partial charge in [0.05, 0.1) is 23.4 Å². The number of benzene rings is 1. The number of pyridine rings is 1. The third-order valence-electron chi connectivity index (χ3n) is 4.02. The largest absolute Gasteiger partial charge is 0.497 e. The van der Waals surface area contributed by atoms with Crippen molar-refractivity contribution in [1.29, 1.82) is 0 Å². The molecule has 2 heterocycles. The van der Waals surface area contributed by atoms with Crippen LogP contribution in [0.3, 0.4) is 0 Å². The van der Waals surface area contributed by atoms with Gasteiger partial charge in [0, 0.05) is 56.0 Å². The first kappa shape index (κ1) is 20.3. The molecule has 0 saturated carbocycles. The van der Waals surface area contributed by atoms with E-state index >= 15 is 0 Å². The minimum Gasteiger partial charge on any atom is -0.497 e. The van der Waals surface area contributed by atoms with Crippen molar-refractivity contribution in [2.45, 2.75) is 11.8 Å². The summed E-state index contributed by atoms with van der Waals surface area (Å²) in [5.41, 5.74) is 2.45.